The average Bonchev–Trinajstić information content (AvgIpc) is 2.69. The SMILES string of the molecule is CCOC(=O)c1cnc(NC2CCS(=O)(=O)C2)nc1C. The number of rotatable bonds is 4. The first kappa shape index (κ1) is 14.7. The Balaban J connectivity index is 2.08. The summed E-state index contributed by atoms with van der Waals surface area (Å²) in [5.41, 5.74) is 0.818. The number of esters is 1. The molecule has 0 spiro atoms. The van der Waals surface area contributed by atoms with Crippen LogP contribution in [-0.4, -0.2) is 48.5 Å². The zero-order valence-corrected chi connectivity index (χ0v) is 12.2. The van der Waals surface area contributed by atoms with Crippen molar-refractivity contribution in [2.45, 2.75) is 26.3 Å². The van der Waals surface area contributed by atoms with Gasteiger partial charge in [-0.15, -0.1) is 0 Å². The number of sulfone groups is 1. The van der Waals surface area contributed by atoms with E-state index in [-0.39, 0.29) is 24.2 Å². The molecule has 1 unspecified atom stereocenters. The Morgan fingerprint density at radius 2 is 2.30 bits per heavy atom. The van der Waals surface area contributed by atoms with E-state index in [9.17, 15) is 13.2 Å². The van der Waals surface area contributed by atoms with Crippen LogP contribution in [0.25, 0.3) is 0 Å². The van der Waals surface area contributed by atoms with Crippen LogP contribution in [0.15, 0.2) is 6.20 Å². The summed E-state index contributed by atoms with van der Waals surface area (Å²) < 4.78 is 27.6. The van der Waals surface area contributed by atoms with Gasteiger partial charge in [-0.2, -0.15) is 0 Å². The number of hydrogen-bond acceptors (Lipinski definition) is 7. The van der Waals surface area contributed by atoms with Crippen molar-refractivity contribution in [1.29, 1.82) is 0 Å². The van der Waals surface area contributed by atoms with Crippen LogP contribution in [0.5, 0.6) is 0 Å². The highest BCUT2D eigenvalue weighted by molar-refractivity contribution is 7.91. The van der Waals surface area contributed by atoms with E-state index in [2.05, 4.69) is 15.3 Å². The lowest BCUT2D eigenvalue weighted by Crippen LogP contribution is -2.22. The van der Waals surface area contributed by atoms with Gasteiger partial charge in [0.2, 0.25) is 5.95 Å². The second kappa shape index (κ2) is 5.74. The Hall–Kier alpha value is -1.70. The summed E-state index contributed by atoms with van der Waals surface area (Å²) in [5.74, 6) is 0.150. The van der Waals surface area contributed by atoms with E-state index in [1.165, 1.54) is 6.20 Å². The standard InChI is InChI=1S/C12H17N3O4S/c1-3-19-11(16)10-6-13-12(14-8(10)2)15-9-4-5-20(17,18)7-9/h6,9H,3-5,7H2,1-2H3,(H,13,14,15). The summed E-state index contributed by atoms with van der Waals surface area (Å²) in [5, 5.41) is 2.98. The number of aromatic nitrogens is 2. The number of nitrogens with zero attached hydrogens (tertiary/aromatic N) is 2. The molecule has 2 heterocycles. The van der Waals surface area contributed by atoms with Gasteiger partial charge in [0.25, 0.3) is 0 Å². The first-order valence-corrected chi connectivity index (χ1v) is 8.21. The van der Waals surface area contributed by atoms with Crippen molar-refractivity contribution < 1.29 is 17.9 Å². The molecular weight excluding hydrogens is 282 g/mol. The van der Waals surface area contributed by atoms with E-state index in [0.717, 1.165) is 0 Å². The first-order chi connectivity index (χ1) is 9.41. The normalized spacial score (nSPS) is 20.6. The van der Waals surface area contributed by atoms with Gasteiger partial charge in [-0.05, 0) is 20.3 Å². The molecule has 0 amide bonds. The summed E-state index contributed by atoms with van der Waals surface area (Å²) in [7, 11) is -2.95. The third-order valence-corrected chi connectivity index (χ3v) is 4.81. The molecule has 0 bridgehead atoms. The van der Waals surface area contributed by atoms with E-state index in [1.54, 1.807) is 13.8 Å². The zero-order valence-electron chi connectivity index (χ0n) is 11.4. The van der Waals surface area contributed by atoms with Crippen molar-refractivity contribution >= 4 is 21.8 Å². The van der Waals surface area contributed by atoms with Gasteiger partial charge in [-0.3, -0.25) is 0 Å². The molecule has 110 valence electrons. The second-order valence-corrected chi connectivity index (χ2v) is 6.89. The maximum atomic E-state index is 11.6. The van der Waals surface area contributed by atoms with Crippen LogP contribution in [0.4, 0.5) is 5.95 Å². The third kappa shape index (κ3) is 3.44. The number of carbonyl (C=O) groups excluding carboxylic acids is 1. The number of nitrogens with one attached hydrogen (secondary N) is 1. The maximum Gasteiger partial charge on any atom is 0.341 e. The minimum absolute atomic E-state index is 0.0923. The molecule has 20 heavy (non-hydrogen) atoms. The monoisotopic (exact) mass is 299 g/mol. The highest BCUT2D eigenvalue weighted by Gasteiger charge is 2.28. The largest absolute Gasteiger partial charge is 0.462 e. The molecule has 1 aliphatic heterocycles. The van der Waals surface area contributed by atoms with Gasteiger partial charge in [0.05, 0.1) is 29.4 Å². The number of ether oxygens (including phenoxy) is 1. The smallest absolute Gasteiger partial charge is 0.341 e. The quantitative estimate of drug-likeness (QED) is 0.811. The molecule has 0 aromatic carbocycles. The number of aryl methyl sites for hydroxylation is 1. The van der Waals surface area contributed by atoms with E-state index in [1.807, 2.05) is 0 Å². The van der Waals surface area contributed by atoms with Crippen LogP contribution in [-0.2, 0) is 14.6 Å². The fourth-order valence-electron chi connectivity index (χ4n) is 2.04. The molecule has 0 radical (unpaired) electrons. The molecule has 0 saturated carbocycles. The molecule has 7 nitrogen and oxygen atoms in total. The van der Waals surface area contributed by atoms with Gasteiger partial charge in [0.1, 0.15) is 0 Å². The number of carbonyl (C=O) groups is 1. The Morgan fingerprint density at radius 3 is 2.85 bits per heavy atom. The molecule has 1 aromatic rings. The minimum atomic E-state index is -2.95. The molecular formula is C12H17N3O4S. The number of anilines is 1. The highest BCUT2D eigenvalue weighted by Crippen LogP contribution is 2.16. The van der Waals surface area contributed by atoms with Crippen LogP contribution < -0.4 is 5.32 Å². The average molecular weight is 299 g/mol. The molecule has 1 aromatic heterocycles. The van der Waals surface area contributed by atoms with Crippen molar-refractivity contribution in [2.24, 2.45) is 0 Å². The van der Waals surface area contributed by atoms with Gasteiger partial charge < -0.3 is 10.1 Å². The van der Waals surface area contributed by atoms with E-state index in [4.69, 9.17) is 4.74 Å². The van der Waals surface area contributed by atoms with Gasteiger partial charge >= 0.3 is 5.97 Å². The molecule has 1 saturated heterocycles. The summed E-state index contributed by atoms with van der Waals surface area (Å²) in [6, 6.07) is -0.173. The Kier molecular flexibility index (Phi) is 4.22. The maximum absolute atomic E-state index is 11.6. The van der Waals surface area contributed by atoms with Crippen molar-refractivity contribution in [2.75, 3.05) is 23.4 Å². The lowest BCUT2D eigenvalue weighted by atomic mass is 10.2. The summed E-state index contributed by atoms with van der Waals surface area (Å²) in [6.07, 6.45) is 1.94. The summed E-state index contributed by atoms with van der Waals surface area (Å²) in [6.45, 7) is 3.70. The van der Waals surface area contributed by atoms with Crippen LogP contribution in [0.3, 0.4) is 0 Å². The lowest BCUT2D eigenvalue weighted by molar-refractivity contribution is 0.0524. The van der Waals surface area contributed by atoms with Crippen molar-refractivity contribution in [3.05, 3.63) is 17.5 Å². The van der Waals surface area contributed by atoms with Gasteiger partial charge in [-0.25, -0.2) is 23.2 Å². The van der Waals surface area contributed by atoms with E-state index >= 15 is 0 Å². The molecule has 1 aliphatic rings. The van der Waals surface area contributed by atoms with Crippen LogP contribution in [0, 0.1) is 6.92 Å². The van der Waals surface area contributed by atoms with Gasteiger partial charge in [0.15, 0.2) is 9.84 Å². The van der Waals surface area contributed by atoms with Crippen LogP contribution >= 0.6 is 0 Å². The van der Waals surface area contributed by atoms with Crippen LogP contribution in [0.2, 0.25) is 0 Å². The predicted octanol–water partition coefficient (Wildman–Crippen LogP) is 0.561. The molecule has 1 N–H and O–H groups in total. The summed E-state index contributed by atoms with van der Waals surface area (Å²) in [4.78, 5) is 19.8. The Labute approximate surface area is 117 Å². The Morgan fingerprint density at radius 1 is 1.55 bits per heavy atom. The van der Waals surface area contributed by atoms with Gasteiger partial charge in [-0.1, -0.05) is 0 Å². The predicted molar refractivity (Wildman–Crippen MR) is 73.4 cm³/mol. The first-order valence-electron chi connectivity index (χ1n) is 6.39. The minimum Gasteiger partial charge on any atom is -0.462 e. The van der Waals surface area contributed by atoms with Crippen molar-refractivity contribution in [1.82, 2.24) is 9.97 Å². The van der Waals surface area contributed by atoms with Crippen LogP contribution in [0.1, 0.15) is 29.4 Å². The highest BCUT2D eigenvalue weighted by atomic mass is 32.2. The Bertz CT molecular complexity index is 615. The molecule has 2 rings (SSSR count). The second-order valence-electron chi connectivity index (χ2n) is 4.66. The fraction of sp³-hybridized carbons (Fsp3) is 0.583. The third-order valence-electron chi connectivity index (χ3n) is 3.04. The fourth-order valence-corrected chi connectivity index (χ4v) is 3.71. The van der Waals surface area contributed by atoms with E-state index in [0.29, 0.717) is 23.6 Å². The van der Waals surface area contributed by atoms with E-state index < -0.39 is 15.8 Å². The molecule has 1 atom stereocenters. The number of hydrogen-bond donors (Lipinski definition) is 1. The molecule has 0 aliphatic carbocycles. The van der Waals surface area contributed by atoms with Crippen molar-refractivity contribution in [3.8, 4) is 0 Å². The zero-order chi connectivity index (χ0) is 14.8. The molecule has 1 fully saturated rings. The van der Waals surface area contributed by atoms with Gasteiger partial charge in [0, 0.05) is 12.2 Å². The lowest BCUT2D eigenvalue weighted by Gasteiger charge is -2.12. The van der Waals surface area contributed by atoms with Crippen molar-refractivity contribution in [3.63, 3.8) is 0 Å². The molecule has 8 heteroatoms. The topological polar surface area (TPSA) is 98.2 Å². The summed E-state index contributed by atoms with van der Waals surface area (Å²) >= 11 is 0.